The summed E-state index contributed by atoms with van der Waals surface area (Å²) < 4.78 is 27.2. The van der Waals surface area contributed by atoms with Gasteiger partial charge in [-0.3, -0.25) is 4.79 Å². The van der Waals surface area contributed by atoms with E-state index in [0.717, 1.165) is 19.6 Å². The lowest BCUT2D eigenvalue weighted by atomic mass is 10.3. The van der Waals surface area contributed by atoms with Gasteiger partial charge in [0.2, 0.25) is 10.0 Å². The Labute approximate surface area is 152 Å². The second-order valence-electron chi connectivity index (χ2n) is 5.83. The van der Waals surface area contributed by atoms with Gasteiger partial charge < -0.3 is 10.2 Å². The molecule has 1 aromatic carbocycles. The highest BCUT2D eigenvalue weighted by molar-refractivity contribution is 7.89. The molecule has 0 bridgehead atoms. The van der Waals surface area contributed by atoms with E-state index >= 15 is 0 Å². The van der Waals surface area contributed by atoms with E-state index < -0.39 is 10.0 Å². The van der Waals surface area contributed by atoms with Crippen LogP contribution in [-0.4, -0.2) is 56.3 Å². The molecule has 1 aliphatic heterocycles. The molecule has 0 radical (unpaired) electrons. The van der Waals surface area contributed by atoms with Crippen LogP contribution >= 0.6 is 11.3 Å². The number of hydrogen-bond donors (Lipinski definition) is 1. The van der Waals surface area contributed by atoms with Crippen LogP contribution in [0.4, 0.5) is 5.69 Å². The standard InChI is InChI=1S/C17H21N3O3S2/c1-2-19-7-9-20(10-8-19)25(22,23)16-5-3-4-15(12-16)18-17(21)14-6-11-24-13-14/h3-6,11-13H,2,7-10H2,1H3,(H,18,21). The van der Waals surface area contributed by atoms with E-state index in [-0.39, 0.29) is 10.8 Å². The van der Waals surface area contributed by atoms with E-state index in [9.17, 15) is 13.2 Å². The van der Waals surface area contributed by atoms with Crippen LogP contribution in [0.2, 0.25) is 0 Å². The Morgan fingerprint density at radius 3 is 2.60 bits per heavy atom. The SMILES string of the molecule is CCN1CCN(S(=O)(=O)c2cccc(NC(=O)c3ccsc3)c2)CC1. The van der Waals surface area contributed by atoms with Crippen LogP contribution in [0.3, 0.4) is 0 Å². The third kappa shape index (κ3) is 4.09. The van der Waals surface area contributed by atoms with Crippen LogP contribution in [0.5, 0.6) is 0 Å². The van der Waals surface area contributed by atoms with Crippen LogP contribution in [0.1, 0.15) is 17.3 Å². The third-order valence-electron chi connectivity index (χ3n) is 4.29. The summed E-state index contributed by atoms with van der Waals surface area (Å²) in [5.41, 5.74) is 1.04. The number of thiophene rings is 1. The summed E-state index contributed by atoms with van der Waals surface area (Å²) in [6.45, 7) is 5.46. The van der Waals surface area contributed by atoms with Gasteiger partial charge in [0.25, 0.3) is 5.91 Å². The van der Waals surface area contributed by atoms with E-state index in [1.165, 1.54) is 21.7 Å². The number of amides is 1. The van der Waals surface area contributed by atoms with Gasteiger partial charge in [0.05, 0.1) is 10.5 Å². The zero-order chi connectivity index (χ0) is 17.9. The predicted molar refractivity (Wildman–Crippen MR) is 99.6 cm³/mol. The number of piperazine rings is 1. The predicted octanol–water partition coefficient (Wildman–Crippen LogP) is 2.33. The first-order valence-electron chi connectivity index (χ1n) is 8.17. The fraction of sp³-hybridized carbons (Fsp3) is 0.353. The number of carbonyl (C=O) groups excluding carboxylic acids is 1. The summed E-state index contributed by atoms with van der Waals surface area (Å²) in [5, 5.41) is 6.33. The van der Waals surface area contributed by atoms with Crippen LogP contribution in [0.25, 0.3) is 0 Å². The van der Waals surface area contributed by atoms with E-state index in [2.05, 4.69) is 17.1 Å². The van der Waals surface area contributed by atoms with Crippen molar-refractivity contribution in [1.29, 1.82) is 0 Å². The zero-order valence-corrected chi connectivity index (χ0v) is 15.6. The van der Waals surface area contributed by atoms with E-state index in [0.29, 0.717) is 24.3 Å². The molecule has 2 aromatic rings. The van der Waals surface area contributed by atoms with Crippen molar-refractivity contribution in [1.82, 2.24) is 9.21 Å². The Morgan fingerprint density at radius 2 is 1.96 bits per heavy atom. The second-order valence-corrected chi connectivity index (χ2v) is 8.55. The first-order valence-corrected chi connectivity index (χ1v) is 10.5. The minimum absolute atomic E-state index is 0.209. The van der Waals surface area contributed by atoms with Gasteiger partial charge in [-0.1, -0.05) is 13.0 Å². The highest BCUT2D eigenvalue weighted by atomic mass is 32.2. The number of benzene rings is 1. The summed E-state index contributed by atoms with van der Waals surface area (Å²) in [6, 6.07) is 8.16. The van der Waals surface area contributed by atoms with Crippen molar-refractivity contribution in [2.24, 2.45) is 0 Å². The lowest BCUT2D eigenvalue weighted by molar-refractivity contribution is 0.102. The molecular formula is C17H21N3O3S2. The molecule has 1 aliphatic rings. The highest BCUT2D eigenvalue weighted by Crippen LogP contribution is 2.21. The number of rotatable bonds is 5. The van der Waals surface area contributed by atoms with Crippen LogP contribution in [0, 0.1) is 0 Å². The molecule has 134 valence electrons. The minimum atomic E-state index is -3.55. The van der Waals surface area contributed by atoms with Gasteiger partial charge in [-0.2, -0.15) is 15.6 Å². The first kappa shape index (κ1) is 18.1. The van der Waals surface area contributed by atoms with Crippen molar-refractivity contribution in [3.63, 3.8) is 0 Å². The van der Waals surface area contributed by atoms with Crippen LogP contribution < -0.4 is 5.32 Å². The monoisotopic (exact) mass is 379 g/mol. The number of carbonyl (C=O) groups is 1. The number of anilines is 1. The molecule has 1 fully saturated rings. The molecule has 1 saturated heterocycles. The molecule has 0 aliphatic carbocycles. The molecular weight excluding hydrogens is 358 g/mol. The lowest BCUT2D eigenvalue weighted by Crippen LogP contribution is -2.48. The summed E-state index contributed by atoms with van der Waals surface area (Å²) in [5.74, 6) is -0.243. The fourth-order valence-corrected chi connectivity index (χ4v) is 4.87. The summed E-state index contributed by atoms with van der Waals surface area (Å²) in [6.07, 6.45) is 0. The van der Waals surface area contributed by atoms with Gasteiger partial charge in [0.15, 0.2) is 0 Å². The number of sulfonamides is 1. The molecule has 25 heavy (non-hydrogen) atoms. The molecule has 0 saturated carbocycles. The van der Waals surface area contributed by atoms with E-state index in [1.54, 1.807) is 29.6 Å². The van der Waals surface area contributed by atoms with Crippen molar-refractivity contribution < 1.29 is 13.2 Å². The molecule has 2 heterocycles. The van der Waals surface area contributed by atoms with Gasteiger partial charge >= 0.3 is 0 Å². The van der Waals surface area contributed by atoms with Crippen LogP contribution in [0.15, 0.2) is 46.0 Å². The average molecular weight is 380 g/mol. The topological polar surface area (TPSA) is 69.7 Å². The number of nitrogens with zero attached hydrogens (tertiary/aromatic N) is 2. The number of hydrogen-bond acceptors (Lipinski definition) is 5. The second kappa shape index (κ2) is 7.65. The Balaban J connectivity index is 1.75. The van der Waals surface area contributed by atoms with E-state index in [1.807, 2.05) is 5.38 Å². The Hall–Kier alpha value is -1.74. The molecule has 0 spiro atoms. The highest BCUT2D eigenvalue weighted by Gasteiger charge is 2.28. The molecule has 8 heteroatoms. The number of nitrogens with one attached hydrogen (secondary N) is 1. The van der Waals surface area contributed by atoms with Gasteiger partial charge in [0, 0.05) is 37.2 Å². The fourth-order valence-electron chi connectivity index (χ4n) is 2.77. The quantitative estimate of drug-likeness (QED) is 0.866. The van der Waals surface area contributed by atoms with Crippen LogP contribution in [-0.2, 0) is 10.0 Å². The third-order valence-corrected chi connectivity index (χ3v) is 6.87. The summed E-state index contributed by atoms with van der Waals surface area (Å²) in [4.78, 5) is 14.6. The Kier molecular flexibility index (Phi) is 5.53. The maximum Gasteiger partial charge on any atom is 0.256 e. The minimum Gasteiger partial charge on any atom is -0.322 e. The van der Waals surface area contributed by atoms with Gasteiger partial charge in [0.1, 0.15) is 0 Å². The average Bonchev–Trinajstić information content (AvgIpc) is 3.17. The lowest BCUT2D eigenvalue weighted by Gasteiger charge is -2.33. The Morgan fingerprint density at radius 1 is 1.20 bits per heavy atom. The normalized spacial score (nSPS) is 16.7. The summed E-state index contributed by atoms with van der Waals surface area (Å²) >= 11 is 1.44. The maximum atomic E-state index is 12.8. The molecule has 0 unspecified atom stereocenters. The van der Waals surface area contributed by atoms with Gasteiger partial charge in [-0.15, -0.1) is 0 Å². The smallest absolute Gasteiger partial charge is 0.256 e. The van der Waals surface area contributed by atoms with Crippen molar-refractivity contribution in [2.45, 2.75) is 11.8 Å². The molecule has 3 rings (SSSR count). The van der Waals surface area contributed by atoms with Gasteiger partial charge in [-0.25, -0.2) is 8.42 Å². The largest absolute Gasteiger partial charge is 0.322 e. The van der Waals surface area contributed by atoms with Crippen molar-refractivity contribution in [2.75, 3.05) is 38.0 Å². The van der Waals surface area contributed by atoms with Gasteiger partial charge in [-0.05, 0) is 36.2 Å². The maximum absolute atomic E-state index is 12.8. The van der Waals surface area contributed by atoms with E-state index in [4.69, 9.17) is 0 Å². The summed E-state index contributed by atoms with van der Waals surface area (Å²) in [7, 11) is -3.55. The molecule has 1 N–H and O–H groups in total. The molecule has 0 atom stereocenters. The molecule has 6 nitrogen and oxygen atoms in total. The van der Waals surface area contributed by atoms with Crippen molar-refractivity contribution >= 4 is 33.0 Å². The molecule has 1 amide bonds. The number of likely N-dealkylation sites (N-methyl/N-ethyl adjacent to an activating group) is 1. The Bertz CT molecular complexity index is 827. The first-order chi connectivity index (χ1) is 12.0. The van der Waals surface area contributed by atoms with Crippen molar-refractivity contribution in [3.8, 4) is 0 Å². The zero-order valence-electron chi connectivity index (χ0n) is 14.0. The van der Waals surface area contributed by atoms with Crippen molar-refractivity contribution in [3.05, 3.63) is 46.7 Å². The molecule has 1 aromatic heterocycles.